The van der Waals surface area contributed by atoms with Gasteiger partial charge >= 0.3 is 5.97 Å². The molecular weight excluding hydrogens is 184 g/mol. The summed E-state index contributed by atoms with van der Waals surface area (Å²) in [5.41, 5.74) is 0. The minimum absolute atomic E-state index is 0.0830. The van der Waals surface area contributed by atoms with Gasteiger partial charge in [0.1, 0.15) is 12.1 Å². The molecule has 2 unspecified atom stereocenters. The van der Waals surface area contributed by atoms with Crippen LogP contribution in [0, 0.1) is 11.3 Å². The Morgan fingerprint density at radius 3 is 3.14 bits per heavy atom. The number of rotatable bonds is 4. The minimum atomic E-state index is -0.367. The lowest BCUT2D eigenvalue weighted by Gasteiger charge is -2.08. The van der Waals surface area contributed by atoms with E-state index in [1.165, 1.54) is 0 Å². The van der Waals surface area contributed by atoms with Crippen molar-refractivity contribution in [2.24, 2.45) is 0 Å². The Labute approximate surface area is 83.0 Å². The topological polar surface area (TPSA) is 71.3 Å². The molecule has 0 aromatic heterocycles. The number of carbonyl (C=O) groups is 1. The number of nitrogens with one attached hydrogen (secondary N) is 1. The van der Waals surface area contributed by atoms with Crippen molar-refractivity contribution < 1.29 is 14.3 Å². The molecule has 1 N–H and O–H groups in total. The lowest BCUT2D eigenvalue weighted by atomic mass is 10.2. The van der Waals surface area contributed by atoms with Crippen molar-refractivity contribution in [3.8, 4) is 6.07 Å². The first kappa shape index (κ1) is 11.0. The summed E-state index contributed by atoms with van der Waals surface area (Å²) in [5, 5.41) is 11.2. The number of nitrogens with zero attached hydrogens (tertiary/aromatic N) is 1. The molecule has 1 heterocycles. The summed E-state index contributed by atoms with van der Waals surface area (Å²) in [7, 11) is 0. The molecule has 5 heteroatoms. The van der Waals surface area contributed by atoms with E-state index in [1.54, 1.807) is 6.07 Å². The van der Waals surface area contributed by atoms with Gasteiger partial charge in [-0.3, -0.25) is 4.79 Å². The van der Waals surface area contributed by atoms with Gasteiger partial charge in [0, 0.05) is 19.6 Å². The third-order valence-electron chi connectivity index (χ3n) is 2.06. The summed E-state index contributed by atoms with van der Waals surface area (Å²) >= 11 is 0. The summed E-state index contributed by atoms with van der Waals surface area (Å²) in [6.07, 6.45) is 0.706. The molecule has 0 aromatic rings. The Morgan fingerprint density at radius 1 is 1.71 bits per heavy atom. The molecule has 1 saturated heterocycles. The SMILES string of the molecule is CCOC1CNC(C(=O)OCC#N)C1. The van der Waals surface area contributed by atoms with Crippen LogP contribution in [0.2, 0.25) is 0 Å². The Kier molecular flexibility index (Phi) is 4.36. The second-order valence-electron chi connectivity index (χ2n) is 3.04. The van der Waals surface area contributed by atoms with Gasteiger partial charge in [-0.2, -0.15) is 5.26 Å². The highest BCUT2D eigenvalue weighted by atomic mass is 16.5. The Bertz CT molecular complexity index is 237. The maximum Gasteiger partial charge on any atom is 0.324 e. The van der Waals surface area contributed by atoms with Crippen molar-refractivity contribution in [3.63, 3.8) is 0 Å². The Morgan fingerprint density at radius 2 is 2.50 bits per heavy atom. The van der Waals surface area contributed by atoms with Gasteiger partial charge < -0.3 is 14.8 Å². The summed E-state index contributed by atoms with van der Waals surface area (Å²) in [6.45, 7) is 3.05. The second-order valence-corrected chi connectivity index (χ2v) is 3.04. The zero-order chi connectivity index (χ0) is 10.4. The fraction of sp³-hybridized carbons (Fsp3) is 0.778. The molecule has 0 aliphatic carbocycles. The molecule has 0 aromatic carbocycles. The van der Waals surface area contributed by atoms with E-state index in [2.05, 4.69) is 10.1 Å². The molecular formula is C9H14N2O3. The molecule has 0 amide bonds. The lowest BCUT2D eigenvalue weighted by molar-refractivity contribution is -0.144. The van der Waals surface area contributed by atoms with E-state index in [0.29, 0.717) is 19.6 Å². The number of esters is 1. The van der Waals surface area contributed by atoms with Crippen LogP contribution in [0.1, 0.15) is 13.3 Å². The van der Waals surface area contributed by atoms with Crippen LogP contribution < -0.4 is 5.32 Å². The van der Waals surface area contributed by atoms with Crippen molar-refractivity contribution in [2.45, 2.75) is 25.5 Å². The highest BCUT2D eigenvalue weighted by Gasteiger charge is 2.30. The molecule has 1 fully saturated rings. The van der Waals surface area contributed by atoms with Crippen molar-refractivity contribution in [3.05, 3.63) is 0 Å². The maximum atomic E-state index is 11.3. The third-order valence-corrected chi connectivity index (χ3v) is 2.06. The number of hydrogen-bond acceptors (Lipinski definition) is 5. The van der Waals surface area contributed by atoms with Crippen LogP contribution in [0.15, 0.2) is 0 Å². The first-order chi connectivity index (χ1) is 6.77. The predicted octanol–water partition coefficient (Wildman–Crippen LogP) is -0.180. The zero-order valence-electron chi connectivity index (χ0n) is 8.16. The van der Waals surface area contributed by atoms with Crippen molar-refractivity contribution in [1.29, 1.82) is 5.26 Å². The van der Waals surface area contributed by atoms with Gasteiger partial charge in [-0.1, -0.05) is 0 Å². The summed E-state index contributed by atoms with van der Waals surface area (Å²) < 4.78 is 10.0. The van der Waals surface area contributed by atoms with Crippen LogP contribution in [0.25, 0.3) is 0 Å². The van der Waals surface area contributed by atoms with Gasteiger partial charge in [-0.15, -0.1) is 0 Å². The minimum Gasteiger partial charge on any atom is -0.449 e. The van der Waals surface area contributed by atoms with Crippen LogP contribution in [-0.2, 0) is 14.3 Å². The zero-order valence-corrected chi connectivity index (χ0v) is 8.16. The maximum absolute atomic E-state index is 11.3. The molecule has 0 saturated carbocycles. The van der Waals surface area contributed by atoms with E-state index in [-0.39, 0.29) is 24.7 Å². The van der Waals surface area contributed by atoms with Gasteiger partial charge in [0.05, 0.1) is 6.10 Å². The fourth-order valence-corrected chi connectivity index (χ4v) is 1.45. The standard InChI is InChI=1S/C9H14N2O3/c1-2-13-7-5-8(11-6-7)9(12)14-4-3-10/h7-8,11H,2,4-6H2,1H3. The highest BCUT2D eigenvalue weighted by molar-refractivity contribution is 5.76. The van der Waals surface area contributed by atoms with E-state index in [4.69, 9.17) is 10.00 Å². The summed E-state index contributed by atoms with van der Waals surface area (Å²) in [4.78, 5) is 11.3. The number of nitriles is 1. The van der Waals surface area contributed by atoms with Crippen LogP contribution in [-0.4, -0.2) is 37.9 Å². The van der Waals surface area contributed by atoms with E-state index in [0.717, 1.165) is 0 Å². The van der Waals surface area contributed by atoms with Crippen molar-refractivity contribution in [1.82, 2.24) is 5.32 Å². The van der Waals surface area contributed by atoms with Crippen LogP contribution in [0.4, 0.5) is 0 Å². The Balaban J connectivity index is 2.27. The lowest BCUT2D eigenvalue weighted by Crippen LogP contribution is -2.32. The van der Waals surface area contributed by atoms with Crippen LogP contribution in [0.5, 0.6) is 0 Å². The highest BCUT2D eigenvalue weighted by Crippen LogP contribution is 2.11. The normalized spacial score (nSPS) is 25.7. The molecule has 14 heavy (non-hydrogen) atoms. The summed E-state index contributed by atoms with van der Waals surface area (Å²) in [6, 6.07) is 1.44. The largest absolute Gasteiger partial charge is 0.449 e. The van der Waals surface area contributed by atoms with Gasteiger partial charge in [0.2, 0.25) is 0 Å². The number of carbonyl (C=O) groups excluding carboxylic acids is 1. The number of ether oxygens (including phenoxy) is 2. The molecule has 2 atom stereocenters. The van der Waals surface area contributed by atoms with E-state index in [9.17, 15) is 4.79 Å². The average molecular weight is 198 g/mol. The molecule has 1 rings (SSSR count). The smallest absolute Gasteiger partial charge is 0.324 e. The van der Waals surface area contributed by atoms with E-state index >= 15 is 0 Å². The number of hydrogen-bond donors (Lipinski definition) is 1. The van der Waals surface area contributed by atoms with Crippen LogP contribution >= 0.6 is 0 Å². The molecule has 0 radical (unpaired) electrons. The van der Waals surface area contributed by atoms with Gasteiger partial charge in [0.25, 0.3) is 0 Å². The van der Waals surface area contributed by atoms with Crippen LogP contribution in [0.3, 0.4) is 0 Å². The first-order valence-electron chi connectivity index (χ1n) is 4.66. The third kappa shape index (κ3) is 2.98. The Hall–Kier alpha value is -1.12. The predicted molar refractivity (Wildman–Crippen MR) is 48.4 cm³/mol. The molecule has 0 bridgehead atoms. The van der Waals surface area contributed by atoms with Crippen molar-refractivity contribution in [2.75, 3.05) is 19.8 Å². The summed E-state index contributed by atoms with van der Waals surface area (Å²) in [5.74, 6) is -0.367. The fourth-order valence-electron chi connectivity index (χ4n) is 1.45. The van der Waals surface area contributed by atoms with Gasteiger partial charge in [-0.05, 0) is 6.92 Å². The molecule has 1 aliphatic heterocycles. The molecule has 0 spiro atoms. The monoisotopic (exact) mass is 198 g/mol. The average Bonchev–Trinajstić information content (AvgIpc) is 2.63. The van der Waals surface area contributed by atoms with E-state index < -0.39 is 0 Å². The van der Waals surface area contributed by atoms with Gasteiger partial charge in [0.15, 0.2) is 6.61 Å². The van der Waals surface area contributed by atoms with E-state index in [1.807, 2.05) is 6.92 Å². The first-order valence-corrected chi connectivity index (χ1v) is 4.66. The molecule has 1 aliphatic rings. The molecule has 5 nitrogen and oxygen atoms in total. The van der Waals surface area contributed by atoms with Gasteiger partial charge in [-0.25, -0.2) is 0 Å². The van der Waals surface area contributed by atoms with Crippen molar-refractivity contribution >= 4 is 5.97 Å². The second kappa shape index (κ2) is 5.58. The molecule has 78 valence electrons. The quantitative estimate of drug-likeness (QED) is 0.634.